The Morgan fingerprint density at radius 3 is 2.07 bits per heavy atom. The van der Waals surface area contributed by atoms with E-state index in [2.05, 4.69) is 0 Å². The molecule has 0 saturated carbocycles. The Morgan fingerprint density at radius 1 is 1.33 bits per heavy atom. The maximum absolute atomic E-state index is 12.3. The van der Waals surface area contributed by atoms with Crippen LogP contribution in [0, 0.1) is 0 Å². The number of carbonyl (C=O) groups excluding carboxylic acids is 1. The summed E-state index contributed by atoms with van der Waals surface area (Å²) in [5.74, 6) is -2.17. The topological polar surface area (TPSA) is 78.4 Å². The van der Waals surface area contributed by atoms with Crippen LogP contribution in [0.3, 0.4) is 0 Å². The molecule has 2 amide bonds. The highest BCUT2D eigenvalue weighted by atomic mass is 19.4. The highest BCUT2D eigenvalue weighted by Gasteiger charge is 2.58. The number of carboxylic acids is 1. The summed E-state index contributed by atoms with van der Waals surface area (Å²) in [4.78, 5) is 21.3. The fourth-order valence-corrected chi connectivity index (χ4v) is 0.677. The first-order valence-corrected chi connectivity index (χ1v) is 4.01. The fourth-order valence-electron chi connectivity index (χ4n) is 0.677. The Bertz CT molecular complexity index is 267. The van der Waals surface area contributed by atoms with Gasteiger partial charge in [0.05, 0.1) is 0 Å². The quantitative estimate of drug-likeness (QED) is 0.665. The molecule has 1 unspecified atom stereocenters. The number of carboxylic acid groups (broad SMARTS) is 1. The summed E-state index contributed by atoms with van der Waals surface area (Å²) in [5.41, 5.74) is -3.29. The number of aliphatic carboxylic acids is 1. The number of amides is 2. The lowest BCUT2D eigenvalue weighted by molar-refractivity contribution is -0.203. The van der Waals surface area contributed by atoms with E-state index < -0.39 is 23.7 Å². The molecule has 0 aromatic heterocycles. The average molecular weight is 228 g/mol. The van der Waals surface area contributed by atoms with Crippen molar-refractivity contribution in [1.29, 1.82) is 0 Å². The molecule has 0 aliphatic rings. The summed E-state index contributed by atoms with van der Waals surface area (Å²) in [6.07, 6.45) is -5.07. The highest BCUT2D eigenvalue weighted by molar-refractivity contribution is 5.86. The van der Waals surface area contributed by atoms with Crippen LogP contribution in [0.15, 0.2) is 0 Å². The molecule has 1 atom stereocenters. The lowest BCUT2D eigenvalue weighted by atomic mass is 10.0. The van der Waals surface area contributed by atoms with Crippen molar-refractivity contribution >= 4 is 12.0 Å². The van der Waals surface area contributed by atoms with E-state index in [1.54, 1.807) is 0 Å². The Kier molecular flexibility index (Phi) is 3.94. The summed E-state index contributed by atoms with van der Waals surface area (Å²) in [7, 11) is 0. The molecule has 15 heavy (non-hydrogen) atoms. The van der Waals surface area contributed by atoms with Crippen molar-refractivity contribution in [2.45, 2.75) is 25.6 Å². The van der Waals surface area contributed by atoms with Crippen molar-refractivity contribution in [2.75, 3.05) is 6.54 Å². The van der Waals surface area contributed by atoms with Crippen molar-refractivity contribution in [3.63, 3.8) is 0 Å². The Balaban J connectivity index is 4.84. The summed E-state index contributed by atoms with van der Waals surface area (Å²) in [6, 6.07) is -1.18. The maximum Gasteiger partial charge on any atom is 0.422 e. The van der Waals surface area contributed by atoms with E-state index >= 15 is 0 Å². The van der Waals surface area contributed by atoms with Gasteiger partial charge in [-0.05, 0) is 13.8 Å². The standard InChI is InChI=1S/C7H11F3N2O3/c1-3-11-5(15)12-6(2,4(13)14)7(8,9)10/h3H2,1-2H3,(H,13,14)(H2,11,12,15). The Hall–Kier alpha value is -1.47. The second-order valence-corrected chi connectivity index (χ2v) is 2.91. The number of halogens is 3. The van der Waals surface area contributed by atoms with Crippen LogP contribution >= 0.6 is 0 Å². The van der Waals surface area contributed by atoms with Gasteiger partial charge in [0, 0.05) is 6.54 Å². The average Bonchev–Trinajstić information content (AvgIpc) is 2.01. The number of hydrogen-bond donors (Lipinski definition) is 3. The SMILES string of the molecule is CCNC(=O)NC(C)(C(=O)O)C(F)(F)F. The van der Waals surface area contributed by atoms with Crippen molar-refractivity contribution in [1.82, 2.24) is 10.6 Å². The molecule has 0 aromatic rings. The summed E-state index contributed by atoms with van der Waals surface area (Å²) in [5, 5.41) is 11.8. The van der Waals surface area contributed by atoms with Crippen molar-refractivity contribution in [3.05, 3.63) is 0 Å². The van der Waals surface area contributed by atoms with Crippen LogP contribution in [-0.4, -0.2) is 35.4 Å². The van der Waals surface area contributed by atoms with Crippen LogP contribution in [-0.2, 0) is 4.79 Å². The molecule has 0 aliphatic carbocycles. The first-order valence-electron chi connectivity index (χ1n) is 4.01. The van der Waals surface area contributed by atoms with Gasteiger partial charge in [0.15, 0.2) is 0 Å². The number of urea groups is 1. The number of nitrogens with one attached hydrogen (secondary N) is 2. The van der Waals surface area contributed by atoms with Gasteiger partial charge in [-0.25, -0.2) is 9.59 Å². The van der Waals surface area contributed by atoms with Crippen LogP contribution in [0.1, 0.15) is 13.8 Å². The predicted octanol–water partition coefficient (Wildman–Crippen LogP) is 0.711. The van der Waals surface area contributed by atoms with E-state index in [4.69, 9.17) is 5.11 Å². The minimum Gasteiger partial charge on any atom is -0.479 e. The van der Waals surface area contributed by atoms with Gasteiger partial charge in [-0.1, -0.05) is 0 Å². The molecule has 0 radical (unpaired) electrons. The molecule has 0 aliphatic heterocycles. The van der Waals surface area contributed by atoms with E-state index in [0.29, 0.717) is 6.92 Å². The summed E-state index contributed by atoms with van der Waals surface area (Å²) < 4.78 is 37.0. The molecule has 0 saturated heterocycles. The molecule has 5 nitrogen and oxygen atoms in total. The molecule has 0 spiro atoms. The Morgan fingerprint density at radius 2 is 1.80 bits per heavy atom. The van der Waals surface area contributed by atoms with Crippen LogP contribution in [0.2, 0.25) is 0 Å². The van der Waals surface area contributed by atoms with E-state index in [1.807, 2.05) is 5.32 Å². The molecule has 3 N–H and O–H groups in total. The predicted molar refractivity (Wildman–Crippen MR) is 44.3 cm³/mol. The molecule has 8 heteroatoms. The molecular weight excluding hydrogens is 217 g/mol. The van der Waals surface area contributed by atoms with Crippen molar-refractivity contribution in [2.24, 2.45) is 0 Å². The van der Waals surface area contributed by atoms with Crippen molar-refractivity contribution < 1.29 is 27.9 Å². The van der Waals surface area contributed by atoms with Gasteiger partial charge in [-0.15, -0.1) is 0 Å². The third-order valence-electron chi connectivity index (χ3n) is 1.70. The zero-order valence-corrected chi connectivity index (χ0v) is 8.10. The largest absolute Gasteiger partial charge is 0.479 e. The number of rotatable bonds is 3. The van der Waals surface area contributed by atoms with Crippen LogP contribution < -0.4 is 10.6 Å². The Labute approximate surface area is 83.6 Å². The number of alkyl halides is 3. The molecule has 0 fully saturated rings. The number of hydrogen-bond acceptors (Lipinski definition) is 2. The van der Waals surface area contributed by atoms with E-state index in [1.165, 1.54) is 12.2 Å². The van der Waals surface area contributed by atoms with E-state index in [-0.39, 0.29) is 6.54 Å². The highest BCUT2D eigenvalue weighted by Crippen LogP contribution is 2.30. The molecule has 0 aromatic carbocycles. The molecule has 0 rings (SSSR count). The second kappa shape index (κ2) is 4.37. The van der Waals surface area contributed by atoms with Gasteiger partial charge >= 0.3 is 18.2 Å². The van der Waals surface area contributed by atoms with E-state index in [0.717, 1.165) is 0 Å². The minimum atomic E-state index is -5.07. The van der Waals surface area contributed by atoms with E-state index in [9.17, 15) is 22.8 Å². The van der Waals surface area contributed by atoms with Gasteiger partial charge in [-0.2, -0.15) is 13.2 Å². The van der Waals surface area contributed by atoms with Gasteiger partial charge in [0.2, 0.25) is 5.54 Å². The first kappa shape index (κ1) is 13.5. The molecule has 0 heterocycles. The third kappa shape index (κ3) is 3.00. The van der Waals surface area contributed by atoms with Crippen LogP contribution in [0.4, 0.5) is 18.0 Å². The van der Waals surface area contributed by atoms with Crippen molar-refractivity contribution in [3.8, 4) is 0 Å². The zero-order valence-electron chi connectivity index (χ0n) is 8.10. The minimum absolute atomic E-state index is 0.0966. The second-order valence-electron chi connectivity index (χ2n) is 2.91. The number of carbonyl (C=O) groups is 2. The summed E-state index contributed by atoms with van der Waals surface area (Å²) >= 11 is 0. The maximum atomic E-state index is 12.3. The van der Waals surface area contributed by atoms with Crippen LogP contribution in [0.25, 0.3) is 0 Å². The molecule has 0 bridgehead atoms. The molecular formula is C7H11F3N2O3. The normalized spacial score (nSPS) is 15.3. The first-order chi connectivity index (χ1) is 6.65. The van der Waals surface area contributed by atoms with Gasteiger partial charge < -0.3 is 15.7 Å². The van der Waals surface area contributed by atoms with Gasteiger partial charge in [0.25, 0.3) is 0 Å². The van der Waals surface area contributed by atoms with Gasteiger partial charge in [0.1, 0.15) is 0 Å². The van der Waals surface area contributed by atoms with Crippen LogP contribution in [0.5, 0.6) is 0 Å². The molecule has 88 valence electrons. The smallest absolute Gasteiger partial charge is 0.422 e. The summed E-state index contributed by atoms with van der Waals surface area (Å²) in [6.45, 7) is 1.97. The monoisotopic (exact) mass is 228 g/mol. The lowest BCUT2D eigenvalue weighted by Gasteiger charge is -2.28. The third-order valence-corrected chi connectivity index (χ3v) is 1.70. The lowest BCUT2D eigenvalue weighted by Crippen LogP contribution is -2.63. The zero-order chi connectivity index (χ0) is 12.3. The van der Waals surface area contributed by atoms with Gasteiger partial charge in [-0.3, -0.25) is 0 Å². The fraction of sp³-hybridized carbons (Fsp3) is 0.714.